The molecule has 1 aromatic heterocycles. The van der Waals surface area contributed by atoms with Crippen molar-refractivity contribution in [3.8, 4) is 0 Å². The summed E-state index contributed by atoms with van der Waals surface area (Å²) in [6, 6.07) is 3.68. The Hall–Kier alpha value is -0.840. The molecular formula is C10H14ClN3O. The highest BCUT2D eigenvalue weighted by Crippen LogP contribution is 2.09. The molecule has 0 aromatic carbocycles. The number of pyridine rings is 1. The molecule has 1 aromatic rings. The smallest absolute Gasteiger partial charge is 0.126 e. The fourth-order valence-corrected chi connectivity index (χ4v) is 1.56. The third-order valence-electron chi connectivity index (χ3n) is 2.24. The van der Waals surface area contributed by atoms with E-state index in [1.54, 1.807) is 6.20 Å². The molecule has 0 radical (unpaired) electrons. The van der Waals surface area contributed by atoms with Gasteiger partial charge >= 0.3 is 0 Å². The van der Waals surface area contributed by atoms with E-state index in [0.717, 1.165) is 32.1 Å². The third-order valence-corrected chi connectivity index (χ3v) is 2.47. The van der Waals surface area contributed by atoms with Gasteiger partial charge < -0.3 is 15.4 Å². The van der Waals surface area contributed by atoms with E-state index < -0.39 is 0 Å². The Morgan fingerprint density at radius 1 is 1.60 bits per heavy atom. The van der Waals surface area contributed by atoms with Gasteiger partial charge in [-0.1, -0.05) is 11.6 Å². The first-order chi connectivity index (χ1) is 7.34. The lowest BCUT2D eigenvalue weighted by atomic mass is 10.3. The van der Waals surface area contributed by atoms with Crippen LogP contribution in [0.2, 0.25) is 5.02 Å². The van der Waals surface area contributed by atoms with Crippen LogP contribution in [-0.4, -0.2) is 37.3 Å². The number of rotatable bonds is 3. The van der Waals surface area contributed by atoms with E-state index in [1.807, 2.05) is 12.1 Å². The normalized spacial score (nSPS) is 21.3. The molecule has 2 rings (SSSR count). The quantitative estimate of drug-likeness (QED) is 0.813. The van der Waals surface area contributed by atoms with E-state index in [2.05, 4.69) is 15.6 Å². The minimum Gasteiger partial charge on any atom is -0.374 e. The number of hydrogen-bond acceptors (Lipinski definition) is 4. The molecule has 1 saturated heterocycles. The lowest BCUT2D eigenvalue weighted by Crippen LogP contribution is -2.42. The number of anilines is 1. The maximum Gasteiger partial charge on any atom is 0.126 e. The van der Waals surface area contributed by atoms with Crippen molar-refractivity contribution >= 4 is 17.4 Å². The minimum absolute atomic E-state index is 0.219. The monoisotopic (exact) mass is 227 g/mol. The fraction of sp³-hybridized carbons (Fsp3) is 0.500. The lowest BCUT2D eigenvalue weighted by Gasteiger charge is -2.23. The second-order valence-electron chi connectivity index (χ2n) is 3.44. The van der Waals surface area contributed by atoms with Crippen LogP contribution in [0, 0.1) is 0 Å². The third kappa shape index (κ3) is 3.34. The predicted molar refractivity (Wildman–Crippen MR) is 60.3 cm³/mol. The molecule has 0 saturated carbocycles. The van der Waals surface area contributed by atoms with Crippen LogP contribution in [0.4, 0.5) is 5.82 Å². The Balaban J connectivity index is 1.79. The van der Waals surface area contributed by atoms with E-state index >= 15 is 0 Å². The molecule has 1 fully saturated rings. The van der Waals surface area contributed by atoms with Gasteiger partial charge in [-0.05, 0) is 12.1 Å². The fourth-order valence-electron chi connectivity index (χ4n) is 1.45. The van der Waals surface area contributed by atoms with Crippen molar-refractivity contribution in [1.29, 1.82) is 0 Å². The van der Waals surface area contributed by atoms with Crippen molar-refractivity contribution < 1.29 is 4.74 Å². The average Bonchev–Trinajstić information content (AvgIpc) is 2.30. The van der Waals surface area contributed by atoms with Gasteiger partial charge in [0.2, 0.25) is 0 Å². The van der Waals surface area contributed by atoms with Crippen LogP contribution in [0.3, 0.4) is 0 Å². The summed E-state index contributed by atoms with van der Waals surface area (Å²) in [5.74, 6) is 0.827. The van der Waals surface area contributed by atoms with Gasteiger partial charge in [-0.15, -0.1) is 0 Å². The summed E-state index contributed by atoms with van der Waals surface area (Å²) in [5, 5.41) is 7.13. The number of halogens is 1. The zero-order chi connectivity index (χ0) is 10.5. The van der Waals surface area contributed by atoms with Crippen LogP contribution in [0.5, 0.6) is 0 Å². The number of morpholine rings is 1. The Morgan fingerprint density at radius 3 is 3.20 bits per heavy atom. The second-order valence-corrected chi connectivity index (χ2v) is 3.88. The standard InChI is InChI=1S/C10H14ClN3O/c11-8-1-2-10(13-5-8)14-7-9-6-12-3-4-15-9/h1-2,5,9,12H,3-4,6-7H2,(H,13,14). The summed E-state index contributed by atoms with van der Waals surface area (Å²) >= 11 is 5.74. The number of hydrogen-bond donors (Lipinski definition) is 2. The van der Waals surface area contributed by atoms with Crippen molar-refractivity contribution in [2.75, 3.05) is 31.6 Å². The molecule has 1 atom stereocenters. The molecule has 4 nitrogen and oxygen atoms in total. The summed E-state index contributed by atoms with van der Waals surface area (Å²) in [7, 11) is 0. The second kappa shape index (κ2) is 5.30. The van der Waals surface area contributed by atoms with Gasteiger partial charge in [-0.3, -0.25) is 0 Å². The van der Waals surface area contributed by atoms with Gasteiger partial charge in [0.05, 0.1) is 17.7 Å². The van der Waals surface area contributed by atoms with Crippen molar-refractivity contribution in [2.24, 2.45) is 0 Å². The molecule has 0 spiro atoms. The Kier molecular flexibility index (Phi) is 3.77. The molecular weight excluding hydrogens is 214 g/mol. The van der Waals surface area contributed by atoms with Gasteiger partial charge in [-0.2, -0.15) is 0 Å². The van der Waals surface area contributed by atoms with Crippen LogP contribution < -0.4 is 10.6 Å². The van der Waals surface area contributed by atoms with Crippen molar-refractivity contribution in [3.63, 3.8) is 0 Å². The van der Waals surface area contributed by atoms with E-state index in [0.29, 0.717) is 5.02 Å². The largest absolute Gasteiger partial charge is 0.374 e. The zero-order valence-electron chi connectivity index (χ0n) is 8.37. The topological polar surface area (TPSA) is 46.2 Å². The maximum atomic E-state index is 5.74. The van der Waals surface area contributed by atoms with E-state index in [4.69, 9.17) is 16.3 Å². The van der Waals surface area contributed by atoms with E-state index in [9.17, 15) is 0 Å². The lowest BCUT2D eigenvalue weighted by molar-refractivity contribution is 0.0372. The summed E-state index contributed by atoms with van der Waals surface area (Å²) < 4.78 is 5.54. The van der Waals surface area contributed by atoms with Crippen LogP contribution in [0.25, 0.3) is 0 Å². The van der Waals surface area contributed by atoms with E-state index in [-0.39, 0.29) is 6.10 Å². The van der Waals surface area contributed by atoms with E-state index in [1.165, 1.54) is 0 Å². The highest BCUT2D eigenvalue weighted by Gasteiger charge is 2.12. The first kappa shape index (κ1) is 10.7. The summed E-state index contributed by atoms with van der Waals surface area (Å²) in [5.41, 5.74) is 0. The summed E-state index contributed by atoms with van der Waals surface area (Å²) in [6.45, 7) is 3.37. The van der Waals surface area contributed by atoms with Crippen LogP contribution in [0.15, 0.2) is 18.3 Å². The molecule has 5 heteroatoms. The highest BCUT2D eigenvalue weighted by atomic mass is 35.5. The minimum atomic E-state index is 0.219. The Labute approximate surface area is 94.0 Å². The average molecular weight is 228 g/mol. The van der Waals surface area contributed by atoms with Gasteiger partial charge in [0.1, 0.15) is 5.82 Å². The van der Waals surface area contributed by atoms with Gasteiger partial charge in [0, 0.05) is 25.8 Å². The van der Waals surface area contributed by atoms with Crippen molar-refractivity contribution in [2.45, 2.75) is 6.10 Å². The van der Waals surface area contributed by atoms with Gasteiger partial charge in [0.15, 0.2) is 0 Å². The molecule has 2 N–H and O–H groups in total. The number of ether oxygens (including phenoxy) is 1. The molecule has 0 amide bonds. The molecule has 1 aliphatic rings. The molecule has 82 valence electrons. The van der Waals surface area contributed by atoms with Crippen LogP contribution >= 0.6 is 11.6 Å². The predicted octanol–water partition coefficient (Wildman–Crippen LogP) is 1.14. The first-order valence-electron chi connectivity index (χ1n) is 5.02. The first-order valence-corrected chi connectivity index (χ1v) is 5.40. The van der Waals surface area contributed by atoms with Gasteiger partial charge in [-0.25, -0.2) is 4.98 Å². The highest BCUT2D eigenvalue weighted by molar-refractivity contribution is 6.30. The Morgan fingerprint density at radius 2 is 2.53 bits per heavy atom. The van der Waals surface area contributed by atoms with Crippen LogP contribution in [0.1, 0.15) is 0 Å². The maximum absolute atomic E-state index is 5.74. The number of nitrogens with one attached hydrogen (secondary N) is 2. The SMILES string of the molecule is Clc1ccc(NCC2CNCCO2)nc1. The zero-order valence-corrected chi connectivity index (χ0v) is 9.13. The van der Waals surface area contributed by atoms with Gasteiger partial charge in [0.25, 0.3) is 0 Å². The van der Waals surface area contributed by atoms with Crippen LogP contribution in [-0.2, 0) is 4.74 Å². The molecule has 2 heterocycles. The number of aromatic nitrogens is 1. The molecule has 0 bridgehead atoms. The van der Waals surface area contributed by atoms with Crippen molar-refractivity contribution in [3.05, 3.63) is 23.4 Å². The number of nitrogens with zero attached hydrogens (tertiary/aromatic N) is 1. The summed E-state index contributed by atoms with van der Waals surface area (Å²) in [4.78, 5) is 4.14. The van der Waals surface area contributed by atoms with Crippen molar-refractivity contribution in [1.82, 2.24) is 10.3 Å². The summed E-state index contributed by atoms with van der Waals surface area (Å²) in [6.07, 6.45) is 1.85. The molecule has 1 aliphatic heterocycles. The molecule has 15 heavy (non-hydrogen) atoms. The Bertz CT molecular complexity index is 298. The molecule has 1 unspecified atom stereocenters. The molecule has 0 aliphatic carbocycles.